The maximum atomic E-state index is 12.8. The SMILES string of the molecule is COc1c(C)cnc(C[S+]([O-])c2nc3cc(OC(=O)C(C)Cl)ccc3[nH]2)c1C. The molecule has 0 saturated heterocycles. The summed E-state index contributed by atoms with van der Waals surface area (Å²) in [4.78, 5) is 23.4. The zero-order valence-electron chi connectivity index (χ0n) is 15.9. The Balaban J connectivity index is 1.82. The molecular weight excluding hydrogens is 402 g/mol. The maximum absolute atomic E-state index is 12.8. The Hall–Kier alpha value is -2.29. The highest BCUT2D eigenvalue weighted by atomic mass is 35.5. The van der Waals surface area contributed by atoms with Crippen molar-refractivity contribution in [2.45, 2.75) is 37.1 Å². The van der Waals surface area contributed by atoms with E-state index in [0.717, 1.165) is 16.9 Å². The van der Waals surface area contributed by atoms with E-state index in [1.54, 1.807) is 31.5 Å². The second-order valence-electron chi connectivity index (χ2n) is 6.29. The summed E-state index contributed by atoms with van der Waals surface area (Å²) >= 11 is 4.28. The number of halogens is 1. The van der Waals surface area contributed by atoms with Gasteiger partial charge >= 0.3 is 11.1 Å². The minimum atomic E-state index is -1.43. The molecule has 3 rings (SSSR count). The number of hydrogen-bond donors (Lipinski definition) is 1. The van der Waals surface area contributed by atoms with Gasteiger partial charge in [0.05, 0.1) is 23.8 Å². The molecule has 148 valence electrons. The van der Waals surface area contributed by atoms with E-state index in [9.17, 15) is 9.35 Å². The first-order chi connectivity index (χ1) is 13.3. The number of alkyl halides is 1. The number of nitrogens with zero attached hydrogens (tertiary/aromatic N) is 2. The number of aromatic amines is 1. The molecule has 0 aliphatic rings. The summed E-state index contributed by atoms with van der Waals surface area (Å²) in [5, 5.41) is -0.426. The van der Waals surface area contributed by atoms with Crippen molar-refractivity contribution in [3.05, 3.63) is 41.2 Å². The third-order valence-corrected chi connectivity index (χ3v) is 5.55. The van der Waals surface area contributed by atoms with Gasteiger partial charge in [0.1, 0.15) is 16.9 Å². The third-order valence-electron chi connectivity index (χ3n) is 4.21. The molecule has 0 saturated carbocycles. The Morgan fingerprint density at radius 2 is 2.14 bits per heavy atom. The van der Waals surface area contributed by atoms with Gasteiger partial charge in [-0.1, -0.05) is 0 Å². The Kier molecular flexibility index (Phi) is 6.12. The molecule has 1 N–H and O–H groups in total. The molecule has 2 aromatic heterocycles. The van der Waals surface area contributed by atoms with E-state index in [1.807, 2.05) is 13.8 Å². The van der Waals surface area contributed by atoms with Crippen molar-refractivity contribution >= 4 is 39.8 Å². The van der Waals surface area contributed by atoms with Crippen LogP contribution < -0.4 is 9.47 Å². The van der Waals surface area contributed by atoms with Gasteiger partial charge in [-0.05, 0) is 32.9 Å². The molecule has 7 nitrogen and oxygen atoms in total. The topological polar surface area (TPSA) is 100 Å². The average molecular weight is 422 g/mol. The number of pyridine rings is 1. The van der Waals surface area contributed by atoms with Crippen molar-refractivity contribution in [1.29, 1.82) is 0 Å². The number of ether oxygens (including phenoxy) is 2. The van der Waals surface area contributed by atoms with Crippen molar-refractivity contribution < 1.29 is 18.8 Å². The first-order valence-corrected chi connectivity index (χ1v) is 10.3. The summed E-state index contributed by atoms with van der Waals surface area (Å²) in [5.74, 6) is 0.727. The van der Waals surface area contributed by atoms with Crippen LogP contribution in [0.5, 0.6) is 11.5 Å². The van der Waals surface area contributed by atoms with Gasteiger partial charge in [0.25, 0.3) is 0 Å². The largest absolute Gasteiger partial charge is 0.609 e. The minimum Gasteiger partial charge on any atom is -0.609 e. The number of H-pyrrole nitrogens is 1. The number of imidazole rings is 1. The molecule has 1 aromatic carbocycles. The molecule has 9 heteroatoms. The molecule has 2 atom stereocenters. The molecule has 28 heavy (non-hydrogen) atoms. The van der Waals surface area contributed by atoms with Gasteiger partial charge in [0.15, 0.2) is 5.75 Å². The molecule has 2 heterocycles. The van der Waals surface area contributed by atoms with Crippen LogP contribution in [-0.4, -0.2) is 38.0 Å². The van der Waals surface area contributed by atoms with Crippen molar-refractivity contribution in [2.75, 3.05) is 7.11 Å². The van der Waals surface area contributed by atoms with Crippen LogP contribution in [0.4, 0.5) is 0 Å². The molecule has 0 bridgehead atoms. The number of benzene rings is 1. The normalized spacial score (nSPS) is 13.4. The molecule has 0 radical (unpaired) electrons. The molecule has 0 aliphatic carbocycles. The highest BCUT2D eigenvalue weighted by Crippen LogP contribution is 2.27. The molecular formula is C19H20ClN3O4S. The smallest absolute Gasteiger partial charge is 0.329 e. The van der Waals surface area contributed by atoms with Crippen LogP contribution >= 0.6 is 11.6 Å². The van der Waals surface area contributed by atoms with Gasteiger partial charge in [0, 0.05) is 34.6 Å². The number of esters is 1. The summed E-state index contributed by atoms with van der Waals surface area (Å²) in [6, 6.07) is 4.94. The van der Waals surface area contributed by atoms with Crippen molar-refractivity contribution in [2.24, 2.45) is 0 Å². The quantitative estimate of drug-likeness (QED) is 0.283. The monoisotopic (exact) mass is 421 g/mol. The summed E-state index contributed by atoms with van der Waals surface area (Å²) < 4.78 is 23.4. The Morgan fingerprint density at radius 3 is 2.82 bits per heavy atom. The van der Waals surface area contributed by atoms with Crippen molar-refractivity contribution in [3.63, 3.8) is 0 Å². The van der Waals surface area contributed by atoms with Crippen LogP contribution in [0.3, 0.4) is 0 Å². The van der Waals surface area contributed by atoms with E-state index in [4.69, 9.17) is 21.1 Å². The van der Waals surface area contributed by atoms with E-state index in [1.165, 1.54) is 6.92 Å². The molecule has 3 aromatic rings. The van der Waals surface area contributed by atoms with Crippen LogP contribution in [0.25, 0.3) is 11.0 Å². The fourth-order valence-corrected chi connectivity index (χ4v) is 3.88. The number of nitrogens with one attached hydrogen (secondary N) is 1. The van der Waals surface area contributed by atoms with Gasteiger partial charge in [-0.25, -0.2) is 0 Å². The fourth-order valence-electron chi connectivity index (χ4n) is 2.74. The first kappa shape index (κ1) is 20.4. The predicted octanol–water partition coefficient (Wildman–Crippen LogP) is 3.42. The van der Waals surface area contributed by atoms with Gasteiger partial charge in [0.2, 0.25) is 0 Å². The van der Waals surface area contributed by atoms with Crippen LogP contribution in [-0.2, 0) is 21.7 Å². The maximum Gasteiger partial charge on any atom is 0.329 e. The van der Waals surface area contributed by atoms with E-state index >= 15 is 0 Å². The number of carbonyl (C=O) groups excluding carboxylic acids is 1. The lowest BCUT2D eigenvalue weighted by atomic mass is 10.1. The van der Waals surface area contributed by atoms with E-state index in [0.29, 0.717) is 27.6 Å². The van der Waals surface area contributed by atoms with Gasteiger partial charge in [-0.2, -0.15) is 4.98 Å². The second-order valence-corrected chi connectivity index (χ2v) is 8.32. The van der Waals surface area contributed by atoms with Crippen molar-refractivity contribution in [3.8, 4) is 11.5 Å². The lowest BCUT2D eigenvalue weighted by Gasteiger charge is -2.13. The van der Waals surface area contributed by atoms with E-state index in [2.05, 4.69) is 15.0 Å². The number of aromatic nitrogens is 3. The van der Waals surface area contributed by atoms with Gasteiger partial charge < -0.3 is 14.0 Å². The lowest BCUT2D eigenvalue weighted by molar-refractivity contribution is -0.133. The van der Waals surface area contributed by atoms with Gasteiger partial charge in [-0.15, -0.1) is 11.6 Å². The fraction of sp³-hybridized carbons (Fsp3) is 0.316. The molecule has 0 fully saturated rings. The number of rotatable bonds is 6. The zero-order valence-corrected chi connectivity index (χ0v) is 17.5. The number of methoxy groups -OCH3 is 1. The Morgan fingerprint density at radius 1 is 1.39 bits per heavy atom. The number of hydrogen-bond acceptors (Lipinski definition) is 6. The predicted molar refractivity (Wildman–Crippen MR) is 107 cm³/mol. The van der Waals surface area contributed by atoms with Crippen LogP contribution in [0, 0.1) is 13.8 Å². The van der Waals surface area contributed by atoms with Crippen molar-refractivity contribution in [1.82, 2.24) is 15.0 Å². The van der Waals surface area contributed by atoms with Crippen LogP contribution in [0.2, 0.25) is 0 Å². The lowest BCUT2D eigenvalue weighted by Crippen LogP contribution is -2.17. The van der Waals surface area contributed by atoms with Gasteiger partial charge in [-0.3, -0.25) is 14.8 Å². The van der Waals surface area contributed by atoms with E-state index in [-0.39, 0.29) is 5.75 Å². The average Bonchev–Trinajstić information content (AvgIpc) is 3.08. The summed E-state index contributed by atoms with van der Waals surface area (Å²) in [5.41, 5.74) is 3.70. The first-order valence-electron chi connectivity index (χ1n) is 8.53. The van der Waals surface area contributed by atoms with Crippen LogP contribution in [0.1, 0.15) is 23.7 Å². The second kappa shape index (κ2) is 8.38. The third kappa shape index (κ3) is 4.24. The molecule has 0 amide bonds. The number of fused-ring (bicyclic) bond motifs is 1. The summed E-state index contributed by atoms with van der Waals surface area (Å²) in [7, 11) is 1.60. The molecule has 2 unspecified atom stereocenters. The highest BCUT2D eigenvalue weighted by molar-refractivity contribution is 7.90. The van der Waals surface area contributed by atoms with E-state index < -0.39 is 22.5 Å². The Labute approximate surface area is 170 Å². The molecule has 0 aliphatic heterocycles. The molecule has 0 spiro atoms. The zero-order chi connectivity index (χ0) is 20.4. The highest BCUT2D eigenvalue weighted by Gasteiger charge is 2.21. The summed E-state index contributed by atoms with van der Waals surface area (Å²) in [6.45, 7) is 5.34. The standard InChI is InChI=1S/C19H20ClN3O4S/c1-10-8-21-16(11(2)17(10)26-4)9-28(25)19-22-14-6-5-13(7-15(14)23-19)27-18(24)12(3)20/h5-8,12H,9H2,1-4H3,(H,22,23). The minimum absolute atomic E-state index is 0.202. The van der Waals surface area contributed by atoms with Crippen LogP contribution in [0.15, 0.2) is 29.6 Å². The summed E-state index contributed by atoms with van der Waals surface area (Å²) in [6.07, 6.45) is 1.70. The number of aryl methyl sites for hydroxylation is 1. The Bertz CT molecular complexity index is 1020. The number of carbonyl (C=O) groups is 1.